The van der Waals surface area contributed by atoms with Gasteiger partial charge in [-0.2, -0.15) is 13.2 Å². The second-order valence-corrected chi connectivity index (χ2v) is 6.82. The topological polar surface area (TPSA) is 58.4 Å². The third-order valence-electron chi connectivity index (χ3n) is 4.80. The second-order valence-electron chi connectivity index (χ2n) is 6.82. The van der Waals surface area contributed by atoms with Gasteiger partial charge in [0, 0.05) is 43.7 Å². The van der Waals surface area contributed by atoms with Crippen molar-refractivity contribution < 1.29 is 18.0 Å². The zero-order chi connectivity index (χ0) is 19.4. The first kappa shape index (κ1) is 19.4. The van der Waals surface area contributed by atoms with Gasteiger partial charge in [0.05, 0.1) is 5.56 Å². The molecule has 1 aliphatic rings. The normalized spacial score (nSPS) is 20.6. The van der Waals surface area contributed by atoms with Gasteiger partial charge in [0.2, 0.25) is 5.91 Å². The Labute approximate surface area is 156 Å². The van der Waals surface area contributed by atoms with Crippen molar-refractivity contribution in [3.63, 3.8) is 0 Å². The van der Waals surface area contributed by atoms with Crippen LogP contribution in [0.25, 0.3) is 0 Å². The van der Waals surface area contributed by atoms with Crippen molar-refractivity contribution in [3.8, 4) is 0 Å². The molecule has 2 aromatic rings. The van der Waals surface area contributed by atoms with Crippen molar-refractivity contribution in [1.29, 1.82) is 0 Å². The van der Waals surface area contributed by atoms with Gasteiger partial charge in [-0.3, -0.25) is 4.79 Å². The number of nitrogens with zero attached hydrogens (tertiary/aromatic N) is 1. The SMILES string of the molecule is N[C@@H]1CN(CCC(=O)Nc2cccc(C(F)(F)F)c2)C[C@H]1c1ccccc1. The van der Waals surface area contributed by atoms with Gasteiger partial charge in [-0.1, -0.05) is 36.4 Å². The van der Waals surface area contributed by atoms with E-state index < -0.39 is 11.7 Å². The summed E-state index contributed by atoms with van der Waals surface area (Å²) in [4.78, 5) is 14.2. The van der Waals surface area contributed by atoms with Gasteiger partial charge in [0.25, 0.3) is 0 Å². The third-order valence-corrected chi connectivity index (χ3v) is 4.80. The molecular weight excluding hydrogens is 355 g/mol. The molecule has 2 atom stereocenters. The average Bonchev–Trinajstić information content (AvgIpc) is 3.01. The third kappa shape index (κ3) is 5.08. The molecule has 1 heterocycles. The summed E-state index contributed by atoms with van der Waals surface area (Å²) < 4.78 is 38.2. The van der Waals surface area contributed by atoms with Gasteiger partial charge in [-0.25, -0.2) is 0 Å². The maximum atomic E-state index is 12.7. The number of alkyl halides is 3. The quantitative estimate of drug-likeness (QED) is 0.839. The van der Waals surface area contributed by atoms with Gasteiger partial charge in [-0.05, 0) is 23.8 Å². The Morgan fingerprint density at radius 1 is 1.11 bits per heavy atom. The molecule has 7 heteroatoms. The molecule has 0 saturated carbocycles. The van der Waals surface area contributed by atoms with E-state index in [4.69, 9.17) is 5.73 Å². The van der Waals surface area contributed by atoms with Crippen LogP contribution in [-0.4, -0.2) is 36.5 Å². The molecule has 0 aliphatic carbocycles. The van der Waals surface area contributed by atoms with Crippen molar-refractivity contribution in [1.82, 2.24) is 4.90 Å². The van der Waals surface area contributed by atoms with Crippen LogP contribution in [0, 0.1) is 0 Å². The first-order valence-corrected chi connectivity index (χ1v) is 8.83. The predicted molar refractivity (Wildman–Crippen MR) is 98.3 cm³/mol. The number of carbonyl (C=O) groups excluding carboxylic acids is 1. The maximum Gasteiger partial charge on any atom is 0.416 e. The average molecular weight is 377 g/mol. The van der Waals surface area contributed by atoms with Crippen molar-refractivity contribution >= 4 is 11.6 Å². The predicted octanol–water partition coefficient (Wildman–Crippen LogP) is 3.46. The molecular formula is C20H22F3N3O. The number of hydrogen-bond donors (Lipinski definition) is 2. The highest BCUT2D eigenvalue weighted by molar-refractivity contribution is 5.90. The lowest BCUT2D eigenvalue weighted by molar-refractivity contribution is -0.137. The summed E-state index contributed by atoms with van der Waals surface area (Å²) in [5.74, 6) is -0.0937. The van der Waals surface area contributed by atoms with E-state index in [2.05, 4.69) is 10.2 Å². The molecule has 1 fully saturated rings. The van der Waals surface area contributed by atoms with Crippen LogP contribution in [0.3, 0.4) is 0 Å². The number of hydrogen-bond acceptors (Lipinski definition) is 3. The van der Waals surface area contributed by atoms with E-state index in [-0.39, 0.29) is 30.0 Å². The summed E-state index contributed by atoms with van der Waals surface area (Å²) in [7, 11) is 0. The van der Waals surface area contributed by atoms with Crippen LogP contribution < -0.4 is 11.1 Å². The number of amides is 1. The molecule has 0 radical (unpaired) electrons. The number of anilines is 1. The Bertz CT molecular complexity index is 780. The zero-order valence-corrected chi connectivity index (χ0v) is 14.7. The number of rotatable bonds is 5. The Kier molecular flexibility index (Phi) is 5.82. The van der Waals surface area contributed by atoms with E-state index in [1.165, 1.54) is 17.7 Å². The maximum absolute atomic E-state index is 12.7. The molecule has 0 spiro atoms. The number of likely N-dealkylation sites (tertiary alicyclic amines) is 1. The lowest BCUT2D eigenvalue weighted by atomic mass is 9.95. The zero-order valence-electron chi connectivity index (χ0n) is 14.7. The minimum absolute atomic E-state index is 0.000992. The van der Waals surface area contributed by atoms with Gasteiger partial charge in [-0.15, -0.1) is 0 Å². The summed E-state index contributed by atoms with van der Waals surface area (Å²) in [5, 5.41) is 2.54. The number of carbonyl (C=O) groups is 1. The Hall–Kier alpha value is -2.38. The Morgan fingerprint density at radius 2 is 1.85 bits per heavy atom. The molecule has 144 valence electrons. The molecule has 2 aromatic carbocycles. The molecule has 0 bridgehead atoms. The van der Waals surface area contributed by atoms with Gasteiger partial charge in [0.1, 0.15) is 0 Å². The first-order valence-electron chi connectivity index (χ1n) is 8.83. The van der Waals surface area contributed by atoms with E-state index in [1.54, 1.807) is 0 Å². The monoisotopic (exact) mass is 377 g/mol. The molecule has 1 aliphatic heterocycles. The number of halogens is 3. The number of benzene rings is 2. The molecule has 1 amide bonds. The van der Waals surface area contributed by atoms with Crippen LogP contribution in [0.5, 0.6) is 0 Å². The summed E-state index contributed by atoms with van der Waals surface area (Å²) >= 11 is 0. The number of nitrogens with two attached hydrogens (primary N) is 1. The van der Waals surface area contributed by atoms with Gasteiger partial charge >= 0.3 is 6.18 Å². The fourth-order valence-electron chi connectivity index (χ4n) is 3.41. The summed E-state index contributed by atoms with van der Waals surface area (Å²) in [6.07, 6.45) is -4.23. The van der Waals surface area contributed by atoms with E-state index in [0.717, 1.165) is 18.7 Å². The fraction of sp³-hybridized carbons (Fsp3) is 0.350. The highest BCUT2D eigenvalue weighted by Crippen LogP contribution is 2.30. The van der Waals surface area contributed by atoms with Crippen LogP contribution in [0.4, 0.5) is 18.9 Å². The van der Waals surface area contributed by atoms with Crippen molar-refractivity contribution in [2.45, 2.75) is 24.6 Å². The van der Waals surface area contributed by atoms with Crippen LogP contribution >= 0.6 is 0 Å². The Morgan fingerprint density at radius 3 is 2.56 bits per heavy atom. The van der Waals surface area contributed by atoms with Crippen molar-refractivity contribution in [2.24, 2.45) is 5.73 Å². The lowest BCUT2D eigenvalue weighted by Crippen LogP contribution is -2.30. The van der Waals surface area contributed by atoms with Gasteiger partial charge < -0.3 is 16.0 Å². The molecule has 0 aromatic heterocycles. The van der Waals surface area contributed by atoms with Crippen LogP contribution in [0.1, 0.15) is 23.5 Å². The van der Waals surface area contributed by atoms with E-state index in [0.29, 0.717) is 13.1 Å². The van der Waals surface area contributed by atoms with Crippen LogP contribution in [0.15, 0.2) is 54.6 Å². The molecule has 4 nitrogen and oxygen atoms in total. The molecule has 3 N–H and O–H groups in total. The van der Waals surface area contributed by atoms with E-state index in [1.807, 2.05) is 30.3 Å². The minimum atomic E-state index is -4.43. The molecule has 3 rings (SSSR count). The highest BCUT2D eigenvalue weighted by atomic mass is 19.4. The first-order chi connectivity index (χ1) is 12.8. The second kappa shape index (κ2) is 8.10. The minimum Gasteiger partial charge on any atom is -0.326 e. The van der Waals surface area contributed by atoms with E-state index >= 15 is 0 Å². The largest absolute Gasteiger partial charge is 0.416 e. The fourth-order valence-corrected chi connectivity index (χ4v) is 3.41. The van der Waals surface area contributed by atoms with E-state index in [9.17, 15) is 18.0 Å². The van der Waals surface area contributed by atoms with Crippen LogP contribution in [0.2, 0.25) is 0 Å². The number of nitrogens with one attached hydrogen (secondary N) is 1. The standard InChI is InChI=1S/C20H22F3N3O/c21-20(22,23)15-7-4-8-16(11-15)25-19(27)9-10-26-12-17(18(24)13-26)14-5-2-1-3-6-14/h1-8,11,17-18H,9-10,12-13,24H2,(H,25,27)/t17-,18+/m0/s1. The summed E-state index contributed by atoms with van der Waals surface area (Å²) in [6, 6.07) is 14.7. The summed E-state index contributed by atoms with van der Waals surface area (Å²) in [5.41, 5.74) is 6.79. The smallest absolute Gasteiger partial charge is 0.326 e. The van der Waals surface area contributed by atoms with Crippen molar-refractivity contribution in [3.05, 3.63) is 65.7 Å². The lowest BCUT2D eigenvalue weighted by Gasteiger charge is -2.16. The van der Waals surface area contributed by atoms with Crippen molar-refractivity contribution in [2.75, 3.05) is 25.0 Å². The molecule has 27 heavy (non-hydrogen) atoms. The molecule has 0 unspecified atom stereocenters. The Balaban J connectivity index is 1.51. The summed E-state index contributed by atoms with van der Waals surface area (Å²) in [6.45, 7) is 1.97. The molecule has 1 saturated heterocycles. The highest BCUT2D eigenvalue weighted by Gasteiger charge is 2.32. The van der Waals surface area contributed by atoms with Gasteiger partial charge in [0.15, 0.2) is 0 Å². The van der Waals surface area contributed by atoms with Crippen LogP contribution in [-0.2, 0) is 11.0 Å².